The van der Waals surface area contributed by atoms with Crippen LogP contribution in [0.4, 0.5) is 5.69 Å². The van der Waals surface area contributed by atoms with Gasteiger partial charge in [0.2, 0.25) is 0 Å². The Hall–Kier alpha value is -1.67. The van der Waals surface area contributed by atoms with Crippen LogP contribution in [0.1, 0.15) is 11.1 Å². The van der Waals surface area contributed by atoms with E-state index >= 15 is 0 Å². The van der Waals surface area contributed by atoms with Crippen molar-refractivity contribution in [3.05, 3.63) is 58.6 Å². The number of halogens is 1. The second-order valence-electron chi connectivity index (χ2n) is 4.71. The number of rotatable bonds is 4. The molecule has 2 aromatic carbocycles. The van der Waals surface area contributed by atoms with E-state index in [1.165, 1.54) is 11.1 Å². The summed E-state index contributed by atoms with van der Waals surface area (Å²) >= 11 is 6.28. The zero-order valence-corrected chi connectivity index (χ0v) is 12.2. The third-order valence-corrected chi connectivity index (χ3v) is 3.36. The molecule has 0 fully saturated rings. The lowest BCUT2D eigenvalue weighted by Crippen LogP contribution is -2.09. The van der Waals surface area contributed by atoms with Gasteiger partial charge in [-0.15, -0.1) is 0 Å². The van der Waals surface area contributed by atoms with E-state index in [4.69, 9.17) is 16.3 Å². The van der Waals surface area contributed by atoms with E-state index in [-0.39, 0.29) is 0 Å². The molecule has 0 unspecified atom stereocenters. The van der Waals surface area contributed by atoms with Crippen molar-refractivity contribution in [1.82, 2.24) is 0 Å². The minimum Gasteiger partial charge on any atom is -0.497 e. The Bertz CT molecular complexity index is 549. The minimum atomic E-state index is 0.788. The van der Waals surface area contributed by atoms with Gasteiger partial charge in [0.05, 0.1) is 17.8 Å². The molecule has 2 rings (SSSR count). The predicted octanol–water partition coefficient (Wildman–Crippen LogP) is 4.01. The van der Waals surface area contributed by atoms with E-state index in [9.17, 15) is 0 Å². The molecule has 0 bridgehead atoms. The first-order valence-corrected chi connectivity index (χ1v) is 6.56. The maximum Gasteiger partial charge on any atom is 0.118 e. The molecule has 0 atom stereocenters. The summed E-state index contributed by atoms with van der Waals surface area (Å²) in [7, 11) is 5.66. The molecular weight excluding hydrogens is 258 g/mol. The van der Waals surface area contributed by atoms with Crippen LogP contribution in [0, 0.1) is 0 Å². The normalized spacial score (nSPS) is 10.3. The van der Waals surface area contributed by atoms with E-state index in [1.807, 2.05) is 37.2 Å². The Balaban J connectivity index is 2.16. The molecule has 0 spiro atoms. The van der Waals surface area contributed by atoms with Gasteiger partial charge in [-0.2, -0.15) is 0 Å². The van der Waals surface area contributed by atoms with Gasteiger partial charge in [0.15, 0.2) is 0 Å². The van der Waals surface area contributed by atoms with Crippen molar-refractivity contribution < 1.29 is 4.74 Å². The maximum absolute atomic E-state index is 6.28. The Morgan fingerprint density at radius 2 is 1.63 bits per heavy atom. The molecule has 0 heterocycles. The van der Waals surface area contributed by atoms with Crippen molar-refractivity contribution in [1.29, 1.82) is 0 Å². The Labute approximate surface area is 119 Å². The summed E-state index contributed by atoms with van der Waals surface area (Å²) in [6.07, 6.45) is 0.872. The molecule has 3 heteroatoms. The zero-order valence-electron chi connectivity index (χ0n) is 11.5. The lowest BCUT2D eigenvalue weighted by Gasteiger charge is -2.15. The topological polar surface area (TPSA) is 12.5 Å². The highest BCUT2D eigenvalue weighted by Gasteiger charge is 2.04. The number of nitrogens with zero attached hydrogens (tertiary/aromatic N) is 1. The predicted molar refractivity (Wildman–Crippen MR) is 81.6 cm³/mol. The van der Waals surface area contributed by atoms with Gasteiger partial charge in [0, 0.05) is 14.1 Å². The van der Waals surface area contributed by atoms with Crippen molar-refractivity contribution in [2.45, 2.75) is 6.42 Å². The van der Waals surface area contributed by atoms with Crippen LogP contribution in [-0.2, 0) is 6.42 Å². The van der Waals surface area contributed by atoms with Gasteiger partial charge in [0.1, 0.15) is 5.75 Å². The highest BCUT2D eigenvalue weighted by atomic mass is 35.5. The smallest absolute Gasteiger partial charge is 0.118 e. The third kappa shape index (κ3) is 3.42. The van der Waals surface area contributed by atoms with Gasteiger partial charge < -0.3 is 9.64 Å². The summed E-state index contributed by atoms with van der Waals surface area (Å²) in [4.78, 5) is 2.01. The summed E-state index contributed by atoms with van der Waals surface area (Å²) in [6, 6.07) is 14.3. The Kier molecular flexibility index (Phi) is 4.33. The SMILES string of the molecule is COc1ccc(Cc2ccc(N(C)C)c(Cl)c2)cc1. The van der Waals surface area contributed by atoms with Crippen molar-refractivity contribution in [2.24, 2.45) is 0 Å². The van der Waals surface area contributed by atoms with Crippen LogP contribution in [0.25, 0.3) is 0 Å². The Morgan fingerprint density at radius 1 is 1.00 bits per heavy atom. The van der Waals surface area contributed by atoms with Crippen molar-refractivity contribution in [2.75, 3.05) is 26.1 Å². The van der Waals surface area contributed by atoms with E-state index in [0.717, 1.165) is 22.9 Å². The molecule has 0 saturated carbocycles. The molecule has 2 nitrogen and oxygen atoms in total. The molecule has 0 aliphatic heterocycles. The van der Waals surface area contributed by atoms with Gasteiger partial charge >= 0.3 is 0 Å². The van der Waals surface area contributed by atoms with Crippen molar-refractivity contribution >= 4 is 17.3 Å². The standard InChI is InChI=1S/C16H18ClNO/c1-18(2)16-9-6-13(11-15(16)17)10-12-4-7-14(19-3)8-5-12/h4-9,11H,10H2,1-3H3. The molecule has 2 aromatic rings. The van der Waals surface area contributed by atoms with E-state index in [2.05, 4.69) is 24.3 Å². The monoisotopic (exact) mass is 275 g/mol. The first kappa shape index (κ1) is 13.8. The van der Waals surface area contributed by atoms with Crippen LogP contribution in [0.3, 0.4) is 0 Å². The molecule has 100 valence electrons. The summed E-state index contributed by atoms with van der Waals surface area (Å²) < 4.78 is 5.15. The summed E-state index contributed by atoms with van der Waals surface area (Å²) in [6.45, 7) is 0. The third-order valence-electron chi connectivity index (χ3n) is 3.06. The largest absolute Gasteiger partial charge is 0.497 e. The fourth-order valence-electron chi connectivity index (χ4n) is 2.00. The van der Waals surface area contributed by atoms with Crippen molar-refractivity contribution in [3.63, 3.8) is 0 Å². The molecular formula is C16H18ClNO. The number of hydrogen-bond donors (Lipinski definition) is 0. The van der Waals surface area contributed by atoms with Gasteiger partial charge in [-0.05, 0) is 41.8 Å². The van der Waals surface area contributed by atoms with Gasteiger partial charge in [-0.1, -0.05) is 29.8 Å². The quantitative estimate of drug-likeness (QED) is 0.836. The van der Waals surface area contributed by atoms with Crippen LogP contribution < -0.4 is 9.64 Å². The number of benzene rings is 2. The molecule has 19 heavy (non-hydrogen) atoms. The minimum absolute atomic E-state index is 0.788. The number of methoxy groups -OCH3 is 1. The van der Waals surface area contributed by atoms with E-state index < -0.39 is 0 Å². The average molecular weight is 276 g/mol. The van der Waals surface area contributed by atoms with Crippen LogP contribution in [0.15, 0.2) is 42.5 Å². The van der Waals surface area contributed by atoms with E-state index in [1.54, 1.807) is 7.11 Å². The van der Waals surface area contributed by atoms with Gasteiger partial charge in [-0.3, -0.25) is 0 Å². The molecule has 0 N–H and O–H groups in total. The summed E-state index contributed by atoms with van der Waals surface area (Å²) in [5.41, 5.74) is 3.50. The number of anilines is 1. The number of hydrogen-bond acceptors (Lipinski definition) is 2. The van der Waals surface area contributed by atoms with Crippen LogP contribution in [-0.4, -0.2) is 21.2 Å². The van der Waals surface area contributed by atoms with Gasteiger partial charge in [0.25, 0.3) is 0 Å². The molecule has 0 radical (unpaired) electrons. The van der Waals surface area contributed by atoms with E-state index in [0.29, 0.717) is 0 Å². The maximum atomic E-state index is 6.28. The fourth-order valence-corrected chi connectivity index (χ4v) is 2.37. The average Bonchev–Trinajstić information content (AvgIpc) is 2.39. The first-order valence-electron chi connectivity index (χ1n) is 6.19. The lowest BCUT2D eigenvalue weighted by atomic mass is 10.0. The van der Waals surface area contributed by atoms with Crippen molar-refractivity contribution in [3.8, 4) is 5.75 Å². The fraction of sp³-hybridized carbons (Fsp3) is 0.250. The second-order valence-corrected chi connectivity index (χ2v) is 5.11. The Morgan fingerprint density at radius 3 is 2.16 bits per heavy atom. The lowest BCUT2D eigenvalue weighted by molar-refractivity contribution is 0.414. The highest BCUT2D eigenvalue weighted by Crippen LogP contribution is 2.26. The van der Waals surface area contributed by atoms with Crippen LogP contribution in [0.2, 0.25) is 5.02 Å². The summed E-state index contributed by atoms with van der Waals surface area (Å²) in [5.74, 6) is 0.879. The summed E-state index contributed by atoms with van der Waals surface area (Å²) in [5, 5.41) is 0.788. The highest BCUT2D eigenvalue weighted by molar-refractivity contribution is 6.33. The second kappa shape index (κ2) is 5.98. The molecule has 0 amide bonds. The molecule has 0 aromatic heterocycles. The molecule has 0 saturated heterocycles. The zero-order chi connectivity index (χ0) is 13.8. The van der Waals surface area contributed by atoms with Crippen LogP contribution in [0.5, 0.6) is 5.75 Å². The number of ether oxygens (including phenoxy) is 1. The first-order chi connectivity index (χ1) is 9.10. The van der Waals surface area contributed by atoms with Crippen LogP contribution >= 0.6 is 11.6 Å². The molecule has 0 aliphatic rings. The molecule has 0 aliphatic carbocycles. The van der Waals surface area contributed by atoms with Gasteiger partial charge in [-0.25, -0.2) is 0 Å².